The molecular formula is C23H26Cl2N4O2S. The third-order valence-electron chi connectivity index (χ3n) is 5.50. The van der Waals surface area contributed by atoms with Crippen molar-refractivity contribution < 1.29 is 9.53 Å². The Morgan fingerprint density at radius 1 is 1.16 bits per heavy atom. The summed E-state index contributed by atoms with van der Waals surface area (Å²) in [6.07, 6.45) is 2.08. The third-order valence-corrected chi connectivity index (χ3v) is 7.21. The number of hydrogen-bond donors (Lipinski definition) is 0. The molecule has 1 aromatic carbocycles. The molecule has 9 heteroatoms. The Morgan fingerprint density at radius 2 is 1.94 bits per heavy atom. The van der Waals surface area contributed by atoms with Crippen LogP contribution in [0.3, 0.4) is 0 Å². The lowest BCUT2D eigenvalue weighted by atomic mass is 10.2. The number of aryl methyl sites for hydroxylation is 2. The average molecular weight is 493 g/mol. The zero-order valence-corrected chi connectivity index (χ0v) is 20.6. The normalized spacial score (nSPS) is 14.2. The van der Waals surface area contributed by atoms with E-state index in [9.17, 15) is 4.79 Å². The van der Waals surface area contributed by atoms with Gasteiger partial charge in [0.1, 0.15) is 22.2 Å². The van der Waals surface area contributed by atoms with E-state index >= 15 is 0 Å². The summed E-state index contributed by atoms with van der Waals surface area (Å²) < 4.78 is 5.68. The maximum absolute atomic E-state index is 12.7. The smallest absolute Gasteiger partial charge is 0.222 e. The first-order valence-corrected chi connectivity index (χ1v) is 12.4. The number of carbonyl (C=O) groups is 1. The lowest BCUT2D eigenvalue weighted by molar-refractivity contribution is -0.131. The Bertz CT molecular complexity index is 1110. The summed E-state index contributed by atoms with van der Waals surface area (Å²) in [7, 11) is 0. The van der Waals surface area contributed by atoms with Crippen LogP contribution >= 0.6 is 34.5 Å². The molecule has 1 amide bonds. The standard InChI is InChI=1S/C23H26Cl2N4O2S/c1-3-17-14-18-22(26-15(2)27-23(18)32-17)29-10-8-28(9-11-29)21(30)5-4-12-31-20-7-6-16(24)13-19(20)25/h6-7,13-14H,3-5,8-12H2,1-2H3. The summed E-state index contributed by atoms with van der Waals surface area (Å²) in [4.78, 5) is 28.6. The summed E-state index contributed by atoms with van der Waals surface area (Å²) in [5.41, 5.74) is 0. The maximum Gasteiger partial charge on any atom is 0.222 e. The number of thiophene rings is 1. The molecule has 0 N–H and O–H groups in total. The Hall–Kier alpha value is -2.09. The maximum atomic E-state index is 12.7. The number of ether oxygens (including phenoxy) is 1. The topological polar surface area (TPSA) is 58.6 Å². The van der Waals surface area contributed by atoms with E-state index in [4.69, 9.17) is 32.9 Å². The van der Waals surface area contributed by atoms with E-state index in [1.807, 2.05) is 11.8 Å². The van der Waals surface area contributed by atoms with Gasteiger partial charge in [0.25, 0.3) is 0 Å². The third kappa shape index (κ3) is 5.27. The zero-order chi connectivity index (χ0) is 22.7. The molecule has 0 bridgehead atoms. The monoisotopic (exact) mass is 492 g/mol. The van der Waals surface area contributed by atoms with Crippen LogP contribution in [0, 0.1) is 6.92 Å². The van der Waals surface area contributed by atoms with E-state index in [2.05, 4.69) is 22.9 Å². The number of hydrogen-bond acceptors (Lipinski definition) is 6. The van der Waals surface area contributed by atoms with Crippen LogP contribution in [-0.4, -0.2) is 53.6 Å². The van der Waals surface area contributed by atoms with Crippen molar-refractivity contribution in [1.29, 1.82) is 0 Å². The summed E-state index contributed by atoms with van der Waals surface area (Å²) in [6.45, 7) is 7.45. The molecule has 0 atom stereocenters. The van der Waals surface area contributed by atoms with E-state index in [1.54, 1.807) is 29.5 Å². The van der Waals surface area contributed by atoms with Gasteiger partial charge in [-0.25, -0.2) is 9.97 Å². The molecule has 32 heavy (non-hydrogen) atoms. The van der Waals surface area contributed by atoms with Crippen molar-refractivity contribution in [2.75, 3.05) is 37.7 Å². The van der Waals surface area contributed by atoms with Crippen LogP contribution in [0.4, 0.5) is 5.82 Å². The van der Waals surface area contributed by atoms with Crippen molar-refractivity contribution in [3.05, 3.63) is 45.0 Å². The molecule has 0 aliphatic carbocycles. The van der Waals surface area contributed by atoms with E-state index in [0.717, 1.165) is 41.4 Å². The Labute approximate surface area is 202 Å². The van der Waals surface area contributed by atoms with E-state index in [-0.39, 0.29) is 5.91 Å². The Morgan fingerprint density at radius 3 is 2.66 bits per heavy atom. The molecule has 0 spiro atoms. The molecule has 2 aromatic heterocycles. The quantitative estimate of drug-likeness (QED) is 0.414. The number of carbonyl (C=O) groups excluding carboxylic acids is 1. The summed E-state index contributed by atoms with van der Waals surface area (Å²) in [5, 5.41) is 2.17. The molecular weight excluding hydrogens is 467 g/mol. The van der Waals surface area contributed by atoms with Gasteiger partial charge in [0.2, 0.25) is 5.91 Å². The van der Waals surface area contributed by atoms with Crippen LogP contribution in [0.5, 0.6) is 5.75 Å². The molecule has 170 valence electrons. The van der Waals surface area contributed by atoms with E-state index < -0.39 is 0 Å². The van der Waals surface area contributed by atoms with Gasteiger partial charge < -0.3 is 14.5 Å². The van der Waals surface area contributed by atoms with Crippen LogP contribution in [0.25, 0.3) is 10.2 Å². The highest BCUT2D eigenvalue weighted by Gasteiger charge is 2.24. The van der Waals surface area contributed by atoms with Crippen LogP contribution in [-0.2, 0) is 11.2 Å². The second kappa shape index (κ2) is 10.2. The minimum atomic E-state index is 0.156. The summed E-state index contributed by atoms with van der Waals surface area (Å²) >= 11 is 13.8. The molecule has 0 unspecified atom stereocenters. The molecule has 1 aliphatic rings. The highest BCUT2D eigenvalue weighted by atomic mass is 35.5. The lowest BCUT2D eigenvalue weighted by Crippen LogP contribution is -2.49. The molecule has 1 saturated heterocycles. The fourth-order valence-corrected chi connectivity index (χ4v) is 5.27. The van der Waals surface area contributed by atoms with Gasteiger partial charge >= 0.3 is 0 Å². The van der Waals surface area contributed by atoms with Gasteiger partial charge in [-0.1, -0.05) is 30.1 Å². The second-order valence-corrected chi connectivity index (χ2v) is 9.73. The number of aromatic nitrogens is 2. The molecule has 6 nitrogen and oxygen atoms in total. The minimum absolute atomic E-state index is 0.156. The SMILES string of the molecule is CCc1cc2c(N3CCN(C(=O)CCCOc4ccc(Cl)cc4Cl)CC3)nc(C)nc2s1. The minimum Gasteiger partial charge on any atom is -0.492 e. The van der Waals surface area contributed by atoms with Crippen LogP contribution < -0.4 is 9.64 Å². The van der Waals surface area contributed by atoms with Crippen LogP contribution in [0.15, 0.2) is 24.3 Å². The number of fused-ring (bicyclic) bond motifs is 1. The number of halogens is 2. The van der Waals surface area contributed by atoms with E-state index in [0.29, 0.717) is 48.3 Å². The molecule has 3 heterocycles. The van der Waals surface area contributed by atoms with Crippen molar-refractivity contribution in [2.24, 2.45) is 0 Å². The highest BCUT2D eigenvalue weighted by molar-refractivity contribution is 7.18. The lowest BCUT2D eigenvalue weighted by Gasteiger charge is -2.35. The number of amides is 1. The molecule has 1 aliphatic heterocycles. The fraction of sp³-hybridized carbons (Fsp3) is 0.435. The average Bonchev–Trinajstić information content (AvgIpc) is 3.20. The van der Waals surface area contributed by atoms with Crippen molar-refractivity contribution in [3.8, 4) is 5.75 Å². The summed E-state index contributed by atoms with van der Waals surface area (Å²) in [5.74, 6) is 2.52. The van der Waals surface area contributed by atoms with Crippen molar-refractivity contribution in [1.82, 2.24) is 14.9 Å². The highest BCUT2D eigenvalue weighted by Crippen LogP contribution is 2.32. The largest absolute Gasteiger partial charge is 0.492 e. The zero-order valence-electron chi connectivity index (χ0n) is 18.2. The van der Waals surface area contributed by atoms with Gasteiger partial charge in [-0.2, -0.15) is 0 Å². The molecule has 0 radical (unpaired) electrons. The first kappa shape index (κ1) is 23.1. The molecule has 3 aromatic rings. The number of piperazine rings is 1. The van der Waals surface area contributed by atoms with Crippen LogP contribution in [0.2, 0.25) is 10.0 Å². The molecule has 0 saturated carbocycles. The predicted molar refractivity (Wildman–Crippen MR) is 132 cm³/mol. The van der Waals surface area contributed by atoms with Crippen LogP contribution in [0.1, 0.15) is 30.5 Å². The van der Waals surface area contributed by atoms with Gasteiger partial charge in [0.05, 0.1) is 17.0 Å². The first-order chi connectivity index (χ1) is 15.4. The number of nitrogens with zero attached hydrogens (tertiary/aromatic N) is 4. The van der Waals surface area contributed by atoms with Gasteiger partial charge in [-0.3, -0.25) is 4.79 Å². The van der Waals surface area contributed by atoms with Gasteiger partial charge in [0.15, 0.2) is 0 Å². The molecule has 1 fully saturated rings. The van der Waals surface area contributed by atoms with E-state index in [1.165, 1.54) is 4.88 Å². The van der Waals surface area contributed by atoms with Gasteiger partial charge in [-0.15, -0.1) is 11.3 Å². The second-order valence-electron chi connectivity index (χ2n) is 7.77. The van der Waals surface area contributed by atoms with Gasteiger partial charge in [-0.05, 0) is 44.0 Å². The predicted octanol–water partition coefficient (Wildman–Crippen LogP) is 5.38. The number of rotatable bonds is 7. The number of benzene rings is 1. The summed E-state index contributed by atoms with van der Waals surface area (Å²) in [6, 6.07) is 7.34. The Kier molecular flexibility index (Phi) is 7.38. The van der Waals surface area contributed by atoms with Crippen molar-refractivity contribution in [2.45, 2.75) is 33.1 Å². The molecule has 4 rings (SSSR count). The Balaban J connectivity index is 1.28. The first-order valence-electron chi connectivity index (χ1n) is 10.8. The van der Waals surface area contributed by atoms with Crippen molar-refractivity contribution in [3.63, 3.8) is 0 Å². The van der Waals surface area contributed by atoms with Gasteiger partial charge in [0, 0.05) is 42.5 Å². The fourth-order valence-electron chi connectivity index (χ4n) is 3.80. The number of anilines is 1. The van der Waals surface area contributed by atoms with Crippen molar-refractivity contribution >= 4 is 56.5 Å².